The van der Waals surface area contributed by atoms with Gasteiger partial charge in [0.05, 0.1) is 64.3 Å². The highest BCUT2D eigenvalue weighted by atomic mass is 19.2. The molecule has 0 aliphatic carbocycles. The van der Waals surface area contributed by atoms with Gasteiger partial charge in [0.15, 0.2) is 0 Å². The first-order valence-electron chi connectivity index (χ1n) is 43.0. The summed E-state index contributed by atoms with van der Waals surface area (Å²) in [7, 11) is 0. The number of ether oxygens (including phenoxy) is 7. The molecule has 0 atom stereocenters. The second kappa shape index (κ2) is 52.5. The number of carboxylic acid groups (broad SMARTS) is 3. The molecule has 144 heavy (non-hydrogen) atoms. The fourth-order valence-electron chi connectivity index (χ4n) is 12.7. The minimum atomic E-state index is -2.47. The number of carbonyl (C=O) groups excluding carboxylic acids is 15. The smallest absolute Gasteiger partial charge is 0.407 e. The van der Waals surface area contributed by atoms with E-state index in [9.17, 15) is 139 Å². The molecule has 7 aromatic carbocycles. The number of nitrogens with zero attached hydrogens (tertiary/aromatic N) is 8. The van der Waals surface area contributed by atoms with E-state index in [1.807, 2.05) is 0 Å². The van der Waals surface area contributed by atoms with Crippen LogP contribution in [0.25, 0.3) is 32.3 Å². The topological polar surface area (TPSA) is 676 Å². The Morgan fingerprint density at radius 1 is 0.382 bits per heavy atom. The average Bonchev–Trinajstić information content (AvgIpc) is 0.745. The Bertz CT molecular complexity index is 6110. The molecule has 49 nitrogen and oxygen atoms in total. The first-order chi connectivity index (χ1) is 67.0. The quantitative estimate of drug-likeness (QED) is 0.00181. The molecular formula is C90H104F5N15O34. The van der Waals surface area contributed by atoms with E-state index in [2.05, 4.69) is 36.6 Å². The molecule has 3 aliphatic heterocycles. The molecule has 11 N–H and O–H groups in total. The Morgan fingerprint density at radius 2 is 0.694 bits per heavy atom. The fraction of sp³-hybridized carbons (Fsp3) is 0.400. The van der Waals surface area contributed by atoms with Crippen molar-refractivity contribution in [1.82, 2.24) is 56.4 Å². The molecule has 3 aliphatic rings. The molecule has 3 heterocycles. The largest absolute Gasteiger partial charge is 0.480 e. The first-order valence-corrected chi connectivity index (χ1v) is 43.0. The summed E-state index contributed by atoms with van der Waals surface area (Å²) in [5.41, 5.74) is 1.41. The highest BCUT2D eigenvalue weighted by Crippen LogP contribution is 2.38. The number of halogens is 5. The van der Waals surface area contributed by atoms with Crippen molar-refractivity contribution in [2.45, 2.75) is 119 Å². The number of nitrogens with one attached hydrogen (secondary N) is 6. The molecule has 12 amide bonds. The lowest BCUT2D eigenvalue weighted by molar-refractivity contribution is -0.384. The van der Waals surface area contributed by atoms with E-state index in [0.717, 1.165) is 34.1 Å². The SMILES string of the molecule is CC(C)(C)OC(=O)NCCN(CC(=O)O)C(=O)CN.CC(C)(C)OC(=O)NCCNCC(=O)O.CCOC(=O)CN(CCNC(=O)OC(C)(C)C)C(=O)CN1C(=O)c2cccc3cc([N+](=O)[O-])cc(c23)C1=O.CCOC(=O)CNCCNC(=O)OC(C)(C)C.O=C(CN1C(=O)c2cccc3cc([N+](=O)[O-])cc(c23)C1=O)Oc1c(F)c(F)c(F)c(F)c1F.O=C(O)CN1C(=O)c2cccc3cc([N+](=O)[O-])cc(c23)C1=O. The number of nitro groups is 3. The fourth-order valence-corrected chi connectivity index (χ4v) is 12.7. The third-order valence-electron chi connectivity index (χ3n) is 18.4. The molecule has 0 saturated carbocycles. The summed E-state index contributed by atoms with van der Waals surface area (Å²) in [4.78, 5) is 249. The lowest BCUT2D eigenvalue weighted by Gasteiger charge is -2.29. The average molecular weight is 2030 g/mol. The van der Waals surface area contributed by atoms with Crippen LogP contribution >= 0.6 is 0 Å². The molecule has 778 valence electrons. The molecule has 0 bridgehead atoms. The van der Waals surface area contributed by atoms with Crippen LogP contribution in [0, 0.1) is 59.4 Å². The molecule has 0 radical (unpaired) electrons. The molecule has 0 spiro atoms. The van der Waals surface area contributed by atoms with Crippen molar-refractivity contribution in [3.05, 3.63) is 184 Å². The van der Waals surface area contributed by atoms with Crippen LogP contribution in [0.3, 0.4) is 0 Å². The van der Waals surface area contributed by atoms with Gasteiger partial charge in [-0.2, -0.15) is 8.78 Å². The lowest BCUT2D eigenvalue weighted by Crippen LogP contribution is -2.50. The number of non-ortho nitro benzene ring substituents is 3. The van der Waals surface area contributed by atoms with E-state index in [0.29, 0.717) is 58.7 Å². The van der Waals surface area contributed by atoms with Gasteiger partial charge in [0.1, 0.15) is 55.1 Å². The number of rotatable bonds is 33. The van der Waals surface area contributed by atoms with E-state index in [4.69, 9.17) is 49.5 Å². The maximum absolute atomic E-state index is 13.8. The second-order valence-electron chi connectivity index (χ2n) is 34.1. The first kappa shape index (κ1) is 118. The van der Waals surface area contributed by atoms with Crippen LogP contribution in [0.5, 0.6) is 5.75 Å². The minimum absolute atomic E-state index is 0.0411. The van der Waals surface area contributed by atoms with Gasteiger partial charge >= 0.3 is 60.2 Å². The number of aliphatic carboxylic acids is 3. The molecule has 7 aromatic rings. The number of benzene rings is 7. The number of hydrogen-bond acceptors (Lipinski definition) is 34. The summed E-state index contributed by atoms with van der Waals surface area (Å²) >= 11 is 0. The van der Waals surface area contributed by atoms with Crippen molar-refractivity contribution in [2.75, 3.05) is 118 Å². The van der Waals surface area contributed by atoms with Crippen molar-refractivity contribution in [1.29, 1.82) is 0 Å². The Kier molecular flexibility index (Phi) is 43.0. The molecule has 0 fully saturated rings. The van der Waals surface area contributed by atoms with Crippen LogP contribution in [-0.4, -0.2) is 302 Å². The molecule has 0 aromatic heterocycles. The number of nitrogens with two attached hydrogens (primary N) is 1. The Balaban J connectivity index is 0.000000315. The summed E-state index contributed by atoms with van der Waals surface area (Å²) in [6, 6.07) is 19.8. The highest BCUT2D eigenvalue weighted by molar-refractivity contribution is 6.29. The van der Waals surface area contributed by atoms with Crippen molar-refractivity contribution in [2.24, 2.45) is 5.73 Å². The molecule has 0 saturated heterocycles. The van der Waals surface area contributed by atoms with Crippen molar-refractivity contribution < 1.29 is 172 Å². The van der Waals surface area contributed by atoms with Crippen LogP contribution < -0.4 is 42.4 Å². The predicted octanol–water partition coefficient (Wildman–Crippen LogP) is 7.57. The van der Waals surface area contributed by atoms with E-state index in [-0.39, 0.29) is 124 Å². The molecule has 0 unspecified atom stereocenters. The van der Waals surface area contributed by atoms with Gasteiger partial charge in [-0.3, -0.25) is 107 Å². The Morgan fingerprint density at radius 3 is 1.01 bits per heavy atom. The van der Waals surface area contributed by atoms with Gasteiger partial charge in [-0.05, 0) is 131 Å². The zero-order valence-electron chi connectivity index (χ0n) is 79.9. The predicted molar refractivity (Wildman–Crippen MR) is 491 cm³/mol. The van der Waals surface area contributed by atoms with Crippen LogP contribution in [0.2, 0.25) is 0 Å². The summed E-state index contributed by atoms with van der Waals surface area (Å²) in [5.74, 6) is -26.8. The maximum Gasteiger partial charge on any atom is 0.407 e. The van der Waals surface area contributed by atoms with Crippen LogP contribution in [0.4, 0.5) is 58.2 Å². The Hall–Kier alpha value is -16.7. The van der Waals surface area contributed by atoms with E-state index < -0.39 is 212 Å². The second-order valence-corrected chi connectivity index (χ2v) is 34.1. The number of amides is 12. The van der Waals surface area contributed by atoms with Crippen molar-refractivity contribution >= 4 is 157 Å². The summed E-state index contributed by atoms with van der Waals surface area (Å²) < 4.78 is 101. The van der Waals surface area contributed by atoms with Gasteiger partial charge < -0.3 is 95.9 Å². The highest BCUT2D eigenvalue weighted by Gasteiger charge is 2.41. The van der Waals surface area contributed by atoms with Gasteiger partial charge in [0.2, 0.25) is 46.6 Å². The summed E-state index contributed by atoms with van der Waals surface area (Å²) in [6.45, 7) is 22.2. The van der Waals surface area contributed by atoms with E-state index in [1.165, 1.54) is 54.6 Å². The molecular weight excluding hydrogens is 1930 g/mol. The van der Waals surface area contributed by atoms with Crippen LogP contribution in [0.15, 0.2) is 91.0 Å². The monoisotopic (exact) mass is 2030 g/mol. The zero-order valence-corrected chi connectivity index (χ0v) is 79.9. The number of carboxylic acids is 3. The number of hydrogen-bond donors (Lipinski definition) is 10. The van der Waals surface area contributed by atoms with E-state index in [1.54, 1.807) is 109 Å². The number of alkyl carbamates (subject to hydrolysis) is 4. The van der Waals surface area contributed by atoms with Gasteiger partial charge in [-0.1, -0.05) is 36.4 Å². The number of esters is 3. The third kappa shape index (κ3) is 35.6. The molecule has 10 rings (SSSR count). The number of carbonyl (C=O) groups is 18. The third-order valence-corrected chi connectivity index (χ3v) is 18.4. The minimum Gasteiger partial charge on any atom is -0.480 e. The van der Waals surface area contributed by atoms with Crippen LogP contribution in [-0.2, 0) is 66.8 Å². The standard InChI is InChI=1S/C25H28N4O9.C20H7F5N2O6.C14H8N2O6.C11H21N3O5.C11H22N2O4.C9H18N2O4/c1-5-37-20(31)14-27(10-9-26-24(34)38-25(2,3)4)19(30)13-28-22(32)17-8-6-7-15-11-16(29(35)36)12-18(21(15)17)23(28)33;21-13-14(22)16(24)18(17(25)15(13)23)33-11(28)6-26-19(29)9-3-1-2-7-4-8(27(31)32)5-10(12(7)9)20(26)30;17-11(18)6-15-13(19)9-3-1-2-7-4-8(16(21)22)5-10(12(7)9)14(15)20;1-11(2,3)19-10(18)13-4-5-14(7-9(16)17)8(15)6-12;1-5-16-9(14)8-12-6-7-13-10(15)17-11(2,3)4;1-9(2,3)15-8(14)11-5-4-10-6-7(12)13/h6-8,11-12H,5,9-10,13-14H2,1-4H3,(H,26,34);1-5H,6H2;1-5H,6H2,(H,17,18);4-7,12H2,1-3H3,(H,13,18)(H,16,17);12H,5-8H2,1-4H3,(H,13,15);10H,4-6H2,1-3H3,(H,11,14)(H,12,13). The number of nitro benzene ring substituents is 3. The lowest BCUT2D eigenvalue weighted by atomic mass is 9.93. The van der Waals surface area contributed by atoms with Crippen LogP contribution in [0.1, 0.15) is 159 Å². The van der Waals surface area contributed by atoms with Gasteiger partial charge in [-0.25, -0.2) is 37.1 Å². The summed E-state index contributed by atoms with van der Waals surface area (Å²) in [6.07, 6.45) is -2.31. The van der Waals surface area contributed by atoms with Gasteiger partial charge in [0.25, 0.3) is 52.5 Å². The van der Waals surface area contributed by atoms with Crippen molar-refractivity contribution in [3.8, 4) is 5.75 Å². The van der Waals surface area contributed by atoms with E-state index >= 15 is 0 Å². The summed E-state index contributed by atoms with van der Waals surface area (Å²) in [5, 5.41) is 76.3. The zero-order chi connectivity index (χ0) is 109. The van der Waals surface area contributed by atoms with Gasteiger partial charge in [0, 0.05) is 122 Å². The molecule has 54 heteroatoms. The Labute approximate surface area is 814 Å². The van der Waals surface area contributed by atoms with Crippen molar-refractivity contribution in [3.63, 3.8) is 0 Å². The maximum atomic E-state index is 13.8. The number of imide groups is 3. The normalized spacial score (nSPS) is 12.2. The van der Waals surface area contributed by atoms with Gasteiger partial charge in [-0.15, -0.1) is 0 Å².